The minimum Gasteiger partial charge on any atom is -0.504 e. The topological polar surface area (TPSA) is 81.5 Å². The van der Waals surface area contributed by atoms with Gasteiger partial charge in [-0.2, -0.15) is 0 Å². The van der Waals surface area contributed by atoms with Crippen molar-refractivity contribution in [3.63, 3.8) is 0 Å². The number of aromatic hydroxyl groups is 1. The zero-order valence-electron chi connectivity index (χ0n) is 18.9. The highest BCUT2D eigenvalue weighted by Gasteiger charge is 2.30. The maximum absolute atomic E-state index is 11.0. The minimum absolute atomic E-state index is 0.133. The van der Waals surface area contributed by atoms with E-state index in [1.165, 1.54) is 0 Å². The van der Waals surface area contributed by atoms with Crippen LogP contribution in [0.2, 0.25) is 0 Å². The van der Waals surface area contributed by atoms with Crippen LogP contribution in [0.1, 0.15) is 42.2 Å². The van der Waals surface area contributed by atoms with Crippen LogP contribution in [0.3, 0.4) is 0 Å². The number of para-hydroxylation sites is 1. The molecule has 0 aliphatic carbocycles. The maximum atomic E-state index is 11.0. The van der Waals surface area contributed by atoms with E-state index >= 15 is 0 Å². The van der Waals surface area contributed by atoms with Gasteiger partial charge in [-0.25, -0.2) is 0 Å². The third kappa shape index (κ3) is 4.31. The molecule has 2 N–H and O–H groups in total. The van der Waals surface area contributed by atoms with E-state index in [-0.39, 0.29) is 18.6 Å². The van der Waals surface area contributed by atoms with E-state index in [1.807, 2.05) is 55.5 Å². The molecule has 2 atom stereocenters. The Hall–Kier alpha value is -3.23. The van der Waals surface area contributed by atoms with Crippen molar-refractivity contribution >= 4 is 21.6 Å². The number of rotatable bonds is 6. The number of halogens is 1. The number of phenolic OH excluding ortho intramolecular Hbond substituents is 1. The van der Waals surface area contributed by atoms with Gasteiger partial charge in [0.1, 0.15) is 11.9 Å². The van der Waals surface area contributed by atoms with E-state index in [4.69, 9.17) is 23.9 Å². The first-order valence-electron chi connectivity index (χ1n) is 11.1. The van der Waals surface area contributed by atoms with Crippen molar-refractivity contribution in [2.75, 3.05) is 20.5 Å². The predicted molar refractivity (Wildman–Crippen MR) is 132 cm³/mol. The van der Waals surface area contributed by atoms with Crippen molar-refractivity contribution in [1.82, 2.24) is 5.32 Å². The number of phenols is 1. The summed E-state index contributed by atoms with van der Waals surface area (Å²) in [7, 11) is 1.65. The number of hydrogen-bond donors (Lipinski definition) is 2. The second-order valence-corrected chi connectivity index (χ2v) is 8.90. The van der Waals surface area contributed by atoms with Gasteiger partial charge in [0.05, 0.1) is 13.7 Å². The van der Waals surface area contributed by atoms with Gasteiger partial charge in [-0.15, -0.1) is 0 Å². The molecule has 2 aliphatic heterocycles. The highest BCUT2D eigenvalue weighted by Crippen LogP contribution is 2.41. The molecule has 176 valence electrons. The Kier molecular flexibility index (Phi) is 6.34. The van der Waals surface area contributed by atoms with Gasteiger partial charge >= 0.3 is 0 Å². The lowest BCUT2D eigenvalue weighted by atomic mass is 9.93. The number of hydrogen-bond acceptors (Lipinski definition) is 7. The summed E-state index contributed by atoms with van der Waals surface area (Å²) < 4.78 is 23.3. The molecule has 3 aromatic carbocycles. The van der Waals surface area contributed by atoms with Crippen molar-refractivity contribution in [2.24, 2.45) is 4.99 Å². The average molecular weight is 525 g/mol. The molecule has 2 aliphatic rings. The zero-order chi connectivity index (χ0) is 23.7. The molecule has 0 aromatic heterocycles. The van der Waals surface area contributed by atoms with Gasteiger partial charge in [-0.05, 0) is 55.0 Å². The fourth-order valence-electron chi connectivity index (χ4n) is 4.33. The van der Waals surface area contributed by atoms with Gasteiger partial charge in [0.25, 0.3) is 0 Å². The molecule has 0 radical (unpaired) electrons. The van der Waals surface area contributed by atoms with E-state index in [1.54, 1.807) is 13.2 Å². The summed E-state index contributed by atoms with van der Waals surface area (Å²) in [5, 5.41) is 14.6. The number of nitrogens with zero attached hydrogens (tertiary/aromatic N) is 1. The summed E-state index contributed by atoms with van der Waals surface area (Å²) in [4.78, 5) is 5.06. The Labute approximate surface area is 206 Å². The van der Waals surface area contributed by atoms with Crippen LogP contribution in [0, 0.1) is 0 Å². The average Bonchev–Trinajstić information content (AvgIpc) is 3.33. The second-order valence-electron chi connectivity index (χ2n) is 7.98. The number of nitrogens with one attached hydrogen (secondary N) is 1. The fraction of sp³-hybridized carbons (Fsp3) is 0.269. The highest BCUT2D eigenvalue weighted by molar-refractivity contribution is 9.10. The van der Waals surface area contributed by atoms with Crippen molar-refractivity contribution < 1.29 is 24.1 Å². The van der Waals surface area contributed by atoms with Gasteiger partial charge in [-0.1, -0.05) is 28.1 Å². The summed E-state index contributed by atoms with van der Waals surface area (Å²) >= 11 is 3.57. The molecular formula is C26H25BrN2O5. The minimum atomic E-state index is -0.401. The molecule has 0 saturated carbocycles. The van der Waals surface area contributed by atoms with Crippen molar-refractivity contribution in [1.29, 1.82) is 0 Å². The molecule has 0 unspecified atom stereocenters. The monoisotopic (exact) mass is 524 g/mol. The Morgan fingerprint density at radius 1 is 1.06 bits per heavy atom. The lowest BCUT2D eigenvalue weighted by Crippen LogP contribution is -2.33. The van der Waals surface area contributed by atoms with Gasteiger partial charge in [-0.3, -0.25) is 10.3 Å². The summed E-state index contributed by atoms with van der Waals surface area (Å²) in [6.45, 7) is 2.58. The third-order valence-electron chi connectivity index (χ3n) is 5.94. The molecule has 2 heterocycles. The molecule has 0 saturated heterocycles. The second kappa shape index (κ2) is 9.56. The Morgan fingerprint density at radius 3 is 2.74 bits per heavy atom. The van der Waals surface area contributed by atoms with E-state index in [9.17, 15) is 5.11 Å². The molecule has 7 nitrogen and oxygen atoms in total. The smallest absolute Gasteiger partial charge is 0.231 e. The van der Waals surface area contributed by atoms with Crippen LogP contribution in [0.4, 0.5) is 0 Å². The Bertz CT molecular complexity index is 1250. The van der Waals surface area contributed by atoms with E-state index in [2.05, 4.69) is 21.2 Å². The maximum Gasteiger partial charge on any atom is 0.231 e. The van der Waals surface area contributed by atoms with Crippen molar-refractivity contribution in [2.45, 2.75) is 25.6 Å². The van der Waals surface area contributed by atoms with Crippen LogP contribution in [0.5, 0.6) is 28.7 Å². The zero-order valence-corrected chi connectivity index (χ0v) is 20.5. The number of aliphatic imine (C=N–C) groups is 1. The van der Waals surface area contributed by atoms with Crippen molar-refractivity contribution in [3.05, 3.63) is 75.8 Å². The first-order valence-corrected chi connectivity index (χ1v) is 11.9. The molecule has 0 bridgehead atoms. The van der Waals surface area contributed by atoms with Crippen LogP contribution in [-0.2, 0) is 0 Å². The molecule has 5 rings (SSSR count). The van der Waals surface area contributed by atoms with E-state index in [0.717, 1.165) is 38.4 Å². The SMILES string of the molecule is CCOc1cccc([C@@H]2CC(c3ccc4c(c3)OCO4)=N[C@@H](c3cc(Br)ccc3OC)N2)c1O. The summed E-state index contributed by atoms with van der Waals surface area (Å²) in [6, 6.07) is 17.0. The summed E-state index contributed by atoms with van der Waals surface area (Å²) in [5.74, 6) is 2.75. The molecular weight excluding hydrogens is 500 g/mol. The quantitative estimate of drug-likeness (QED) is 0.442. The van der Waals surface area contributed by atoms with Crippen LogP contribution in [0.25, 0.3) is 0 Å². The lowest BCUT2D eigenvalue weighted by molar-refractivity contribution is 0.174. The standard InChI is InChI=1S/C26H25BrN2O5/c1-3-32-23-6-4-5-17(25(23)30)20-13-19(15-7-9-22-24(11-15)34-14-33-22)28-26(29-20)18-12-16(27)8-10-21(18)31-2/h4-12,20,26,29-30H,3,13-14H2,1-2H3/t20-,26+/m0/s1. The predicted octanol–water partition coefficient (Wildman–Crippen LogP) is 5.51. The van der Waals surface area contributed by atoms with Crippen LogP contribution in [-0.4, -0.2) is 31.3 Å². The van der Waals surface area contributed by atoms with E-state index in [0.29, 0.717) is 24.5 Å². The number of fused-ring (bicyclic) bond motifs is 1. The van der Waals surface area contributed by atoms with Crippen LogP contribution >= 0.6 is 15.9 Å². The number of ether oxygens (including phenoxy) is 4. The molecule has 0 spiro atoms. The fourth-order valence-corrected chi connectivity index (χ4v) is 4.71. The summed E-state index contributed by atoms with van der Waals surface area (Å²) in [5.41, 5.74) is 3.46. The lowest BCUT2D eigenvalue weighted by Gasteiger charge is -2.32. The number of benzene rings is 3. The third-order valence-corrected chi connectivity index (χ3v) is 6.43. The normalized spacial score (nSPS) is 19.0. The van der Waals surface area contributed by atoms with Gasteiger partial charge < -0.3 is 24.1 Å². The Morgan fingerprint density at radius 2 is 1.91 bits per heavy atom. The van der Waals surface area contributed by atoms with Crippen LogP contribution < -0.4 is 24.3 Å². The molecule has 0 fully saturated rings. The van der Waals surface area contributed by atoms with Crippen molar-refractivity contribution in [3.8, 4) is 28.7 Å². The molecule has 8 heteroatoms. The first-order chi connectivity index (χ1) is 16.6. The van der Waals surface area contributed by atoms with Gasteiger partial charge in [0, 0.05) is 33.8 Å². The first kappa shape index (κ1) is 22.6. The Balaban J connectivity index is 1.59. The van der Waals surface area contributed by atoms with Crippen LogP contribution in [0.15, 0.2) is 64.1 Å². The van der Waals surface area contributed by atoms with E-state index < -0.39 is 6.17 Å². The molecule has 3 aromatic rings. The summed E-state index contributed by atoms with van der Waals surface area (Å²) in [6.07, 6.45) is 0.164. The number of methoxy groups -OCH3 is 1. The van der Waals surface area contributed by atoms with Gasteiger partial charge in [0.15, 0.2) is 23.0 Å². The highest BCUT2D eigenvalue weighted by atomic mass is 79.9. The molecule has 34 heavy (non-hydrogen) atoms. The van der Waals surface area contributed by atoms with Gasteiger partial charge in [0.2, 0.25) is 6.79 Å². The largest absolute Gasteiger partial charge is 0.504 e. The molecule has 0 amide bonds.